The predicted molar refractivity (Wildman–Crippen MR) is 180 cm³/mol. The first-order valence-corrected chi connectivity index (χ1v) is 15.3. The van der Waals surface area contributed by atoms with Gasteiger partial charge in [0.1, 0.15) is 11.3 Å². The van der Waals surface area contributed by atoms with Gasteiger partial charge in [0.05, 0.1) is 33.8 Å². The molecular formula is C38H23N3OS. The topological polar surface area (TPSA) is 22.9 Å². The van der Waals surface area contributed by atoms with Crippen LogP contribution < -0.4 is 14.7 Å². The van der Waals surface area contributed by atoms with E-state index in [-0.39, 0.29) is 0 Å². The molecule has 0 atom stereocenters. The second kappa shape index (κ2) is 8.51. The lowest BCUT2D eigenvalue weighted by Gasteiger charge is -2.44. The first-order valence-electron chi connectivity index (χ1n) is 14.5. The molecule has 0 unspecified atom stereocenters. The van der Waals surface area contributed by atoms with E-state index in [1.54, 1.807) is 0 Å². The van der Waals surface area contributed by atoms with Crippen molar-refractivity contribution < 1.29 is 4.42 Å². The Morgan fingerprint density at radius 1 is 0.442 bits per heavy atom. The van der Waals surface area contributed by atoms with Crippen molar-refractivity contribution in [1.29, 1.82) is 0 Å². The maximum absolute atomic E-state index is 6.97. The lowest BCUT2D eigenvalue weighted by molar-refractivity contribution is 0.619. The Morgan fingerprint density at radius 2 is 1.05 bits per heavy atom. The molecule has 0 saturated heterocycles. The number of anilines is 9. The Bertz CT molecular complexity index is 2370. The first kappa shape index (κ1) is 23.1. The van der Waals surface area contributed by atoms with E-state index in [9.17, 15) is 0 Å². The van der Waals surface area contributed by atoms with E-state index in [1.807, 2.05) is 11.3 Å². The Kier molecular flexibility index (Phi) is 4.57. The van der Waals surface area contributed by atoms with Gasteiger partial charge >= 0.3 is 0 Å². The molecule has 0 radical (unpaired) electrons. The second-order valence-corrected chi connectivity index (χ2v) is 12.0. The highest BCUT2D eigenvalue weighted by Gasteiger charge is 2.42. The minimum absolute atomic E-state index is 0.837. The zero-order chi connectivity index (χ0) is 28.1. The molecule has 5 heteroatoms. The van der Waals surface area contributed by atoms with Crippen LogP contribution in [-0.2, 0) is 0 Å². The summed E-state index contributed by atoms with van der Waals surface area (Å²) in [5.74, 6) is 0.837. The zero-order valence-electron chi connectivity index (χ0n) is 22.9. The number of para-hydroxylation sites is 5. The number of rotatable bonds is 2. The summed E-state index contributed by atoms with van der Waals surface area (Å²) in [6, 6.07) is 49.6. The van der Waals surface area contributed by atoms with Crippen molar-refractivity contribution in [1.82, 2.24) is 0 Å². The summed E-state index contributed by atoms with van der Waals surface area (Å²) in [5, 5.41) is 3.70. The lowest BCUT2D eigenvalue weighted by atomic mass is 10.00. The maximum Gasteiger partial charge on any atom is 0.230 e. The van der Waals surface area contributed by atoms with Crippen LogP contribution in [0.3, 0.4) is 0 Å². The Morgan fingerprint density at radius 3 is 1.81 bits per heavy atom. The van der Waals surface area contributed by atoms with Crippen molar-refractivity contribution in [3.8, 4) is 0 Å². The number of nitrogens with zero attached hydrogens (tertiary/aromatic N) is 3. The molecule has 0 spiro atoms. The molecule has 2 aromatic heterocycles. The highest BCUT2D eigenvalue weighted by atomic mass is 32.1. The number of hydrogen-bond acceptors (Lipinski definition) is 5. The summed E-state index contributed by atoms with van der Waals surface area (Å²) in [4.78, 5) is 7.11. The van der Waals surface area contributed by atoms with Crippen LogP contribution in [0.4, 0.5) is 51.4 Å². The Balaban J connectivity index is 1.36. The van der Waals surface area contributed by atoms with E-state index in [0.29, 0.717) is 0 Å². The minimum atomic E-state index is 0.837. The van der Waals surface area contributed by atoms with Crippen molar-refractivity contribution in [2.24, 2.45) is 0 Å². The minimum Gasteiger partial charge on any atom is -0.437 e. The lowest BCUT2D eigenvalue weighted by Crippen LogP contribution is -2.29. The fourth-order valence-electron chi connectivity index (χ4n) is 6.93. The molecule has 0 amide bonds. The largest absolute Gasteiger partial charge is 0.437 e. The molecule has 0 bridgehead atoms. The summed E-state index contributed by atoms with van der Waals surface area (Å²) >= 11 is 1.84. The van der Waals surface area contributed by atoms with Crippen molar-refractivity contribution in [3.05, 3.63) is 140 Å². The van der Waals surface area contributed by atoms with Gasteiger partial charge in [-0.25, -0.2) is 0 Å². The van der Waals surface area contributed by atoms with Gasteiger partial charge in [0.15, 0.2) is 0 Å². The third kappa shape index (κ3) is 3.04. The van der Waals surface area contributed by atoms with Gasteiger partial charge in [-0.15, -0.1) is 11.3 Å². The predicted octanol–water partition coefficient (Wildman–Crippen LogP) is 11.8. The van der Waals surface area contributed by atoms with E-state index >= 15 is 0 Å². The van der Waals surface area contributed by atoms with E-state index < -0.39 is 0 Å². The van der Waals surface area contributed by atoms with Crippen LogP contribution in [0, 0.1) is 0 Å². The summed E-state index contributed by atoms with van der Waals surface area (Å²) in [5.41, 5.74) is 9.73. The Labute approximate surface area is 251 Å². The molecule has 8 aromatic rings. The zero-order valence-corrected chi connectivity index (χ0v) is 23.8. The number of hydrogen-bond donors (Lipinski definition) is 0. The van der Waals surface area contributed by atoms with Gasteiger partial charge in [-0.2, -0.15) is 0 Å². The molecule has 0 N–H and O–H groups in total. The second-order valence-electron chi connectivity index (χ2n) is 11.0. The van der Waals surface area contributed by atoms with E-state index in [1.165, 1.54) is 20.2 Å². The molecular weight excluding hydrogens is 547 g/mol. The number of benzene rings is 6. The van der Waals surface area contributed by atoms with E-state index in [4.69, 9.17) is 4.42 Å². The molecule has 0 fully saturated rings. The molecule has 2 aliphatic rings. The normalized spacial score (nSPS) is 13.4. The molecule has 43 heavy (non-hydrogen) atoms. The van der Waals surface area contributed by atoms with Crippen LogP contribution >= 0.6 is 11.3 Å². The third-order valence-corrected chi connectivity index (χ3v) is 9.88. The molecule has 202 valence electrons. The summed E-state index contributed by atoms with van der Waals surface area (Å²) in [6.45, 7) is 0. The maximum atomic E-state index is 6.97. The van der Waals surface area contributed by atoms with E-state index in [2.05, 4.69) is 154 Å². The van der Waals surface area contributed by atoms with Crippen LogP contribution in [0.2, 0.25) is 0 Å². The molecule has 6 aromatic carbocycles. The Hall–Kier alpha value is -5.52. The molecule has 4 heterocycles. The monoisotopic (exact) mass is 569 g/mol. The fraction of sp³-hybridized carbons (Fsp3) is 0. The highest BCUT2D eigenvalue weighted by molar-refractivity contribution is 7.26. The van der Waals surface area contributed by atoms with Crippen LogP contribution in [0.25, 0.3) is 31.1 Å². The van der Waals surface area contributed by atoms with Gasteiger partial charge < -0.3 is 14.2 Å². The average molecular weight is 570 g/mol. The van der Waals surface area contributed by atoms with Crippen LogP contribution in [0.1, 0.15) is 0 Å². The van der Waals surface area contributed by atoms with Crippen molar-refractivity contribution in [3.63, 3.8) is 0 Å². The van der Waals surface area contributed by atoms with Gasteiger partial charge in [-0.3, -0.25) is 4.90 Å². The molecule has 2 aliphatic heterocycles. The molecule has 0 saturated carbocycles. The van der Waals surface area contributed by atoms with Gasteiger partial charge in [0, 0.05) is 31.5 Å². The van der Waals surface area contributed by atoms with Gasteiger partial charge in [-0.05, 0) is 66.7 Å². The summed E-state index contributed by atoms with van der Waals surface area (Å²) in [7, 11) is 0. The number of fused-ring (bicyclic) bond motifs is 10. The molecule has 4 nitrogen and oxygen atoms in total. The number of furan rings is 1. The van der Waals surface area contributed by atoms with Gasteiger partial charge in [0.25, 0.3) is 0 Å². The van der Waals surface area contributed by atoms with Crippen LogP contribution in [0.15, 0.2) is 144 Å². The van der Waals surface area contributed by atoms with Gasteiger partial charge in [-0.1, -0.05) is 72.8 Å². The van der Waals surface area contributed by atoms with Gasteiger partial charge in [0.2, 0.25) is 5.88 Å². The van der Waals surface area contributed by atoms with Crippen LogP contribution in [-0.4, -0.2) is 0 Å². The summed E-state index contributed by atoms with van der Waals surface area (Å²) in [6.07, 6.45) is 0. The average Bonchev–Trinajstić information content (AvgIpc) is 3.64. The highest BCUT2D eigenvalue weighted by Crippen LogP contribution is 2.65. The van der Waals surface area contributed by atoms with Crippen molar-refractivity contribution in [2.45, 2.75) is 0 Å². The van der Waals surface area contributed by atoms with Crippen molar-refractivity contribution in [2.75, 3.05) is 14.7 Å². The molecule has 0 aliphatic carbocycles. The van der Waals surface area contributed by atoms with Crippen LogP contribution in [0.5, 0.6) is 0 Å². The van der Waals surface area contributed by atoms with Crippen molar-refractivity contribution >= 4 is 93.9 Å². The number of thiophene rings is 1. The smallest absolute Gasteiger partial charge is 0.230 e. The first-order chi connectivity index (χ1) is 21.4. The molecule has 10 rings (SSSR count). The fourth-order valence-corrected chi connectivity index (χ4v) is 8.17. The third-order valence-electron chi connectivity index (χ3n) is 8.67. The summed E-state index contributed by atoms with van der Waals surface area (Å²) < 4.78 is 9.50. The standard InChI is InChI=1S/C38H23N3OS/c1-3-12-24(13-4-1)39-28-17-8-9-18-29(28)41-35-30(39)19-11-20-31(35)40(25-14-5-2-6-15-25)36-34-32(42-38(36)41)23-22-27-26-16-7-10-21-33(26)43-37(27)34/h1-23H. The SMILES string of the molecule is c1ccc(N2c3ccccc3N3c4oc5ccc6c7ccccc7sc6c5c4N(c4ccccc4)c4cccc2c43)cc1. The van der Waals surface area contributed by atoms with E-state index in [0.717, 1.165) is 62.4 Å². The quantitative estimate of drug-likeness (QED) is 0.206.